The van der Waals surface area contributed by atoms with Crippen molar-refractivity contribution in [2.24, 2.45) is 0 Å². The first-order chi connectivity index (χ1) is 28.5. The van der Waals surface area contributed by atoms with E-state index < -0.39 is 0 Å². The molecule has 276 valence electrons. The standard InChI is InChI=1S/C58H44/c1-5-37-24-28-47-48-29-26-39(34-54(48)58(53(47)32-37)49-20-12-11-17-44(49)41-27-23-35(3)31-36(41)4)56-50-21-13-14-22-51(50)57-40(6-2)43-16-9-10-19-46(43)45-18-8-7-15-42(45)38-25-30-52(57)55(56)33-38/h1,6-22,24,26,28-34,38,58H,23,25,27H2,2-4H3/b40-6+. The molecule has 7 aromatic rings. The fraction of sp³-hybridized carbons (Fsp3) is 0.138. The molecule has 7 aromatic carbocycles. The average molecular weight is 741 g/mol. The summed E-state index contributed by atoms with van der Waals surface area (Å²) in [5.74, 6) is 3.26. The molecule has 0 saturated carbocycles. The third-order valence-electron chi connectivity index (χ3n) is 13.4. The lowest BCUT2D eigenvalue weighted by atomic mass is 9.76. The molecule has 0 spiro atoms. The first kappa shape index (κ1) is 34.6. The molecule has 4 bridgehead atoms. The van der Waals surface area contributed by atoms with E-state index in [4.69, 9.17) is 6.42 Å². The molecule has 0 aromatic heterocycles. The number of benzene rings is 7. The van der Waals surface area contributed by atoms with Gasteiger partial charge in [-0.25, -0.2) is 0 Å². The summed E-state index contributed by atoms with van der Waals surface area (Å²) in [5.41, 5.74) is 23.6. The van der Waals surface area contributed by atoms with Gasteiger partial charge in [0.25, 0.3) is 0 Å². The predicted molar refractivity (Wildman–Crippen MR) is 246 cm³/mol. The third kappa shape index (κ3) is 5.16. The minimum absolute atomic E-state index is 0.0509. The zero-order valence-corrected chi connectivity index (χ0v) is 33.4. The quantitative estimate of drug-likeness (QED) is 0.158. The second kappa shape index (κ2) is 13.5. The summed E-state index contributed by atoms with van der Waals surface area (Å²) < 4.78 is 0. The summed E-state index contributed by atoms with van der Waals surface area (Å²) in [5, 5.41) is 5.27. The maximum atomic E-state index is 6.09. The molecule has 0 heterocycles. The van der Waals surface area contributed by atoms with Crippen LogP contribution in [0.5, 0.6) is 0 Å². The maximum Gasteiger partial charge on any atom is 0.0358 e. The van der Waals surface area contributed by atoms with Gasteiger partial charge in [-0.05, 0) is 168 Å². The molecule has 0 N–H and O–H groups in total. The van der Waals surface area contributed by atoms with Crippen LogP contribution in [0.3, 0.4) is 0 Å². The highest BCUT2D eigenvalue weighted by atomic mass is 14.4. The van der Waals surface area contributed by atoms with Crippen LogP contribution in [0.25, 0.3) is 67.5 Å². The zero-order chi connectivity index (χ0) is 39.1. The Kier molecular flexibility index (Phi) is 8.03. The molecule has 5 aliphatic carbocycles. The first-order valence-corrected chi connectivity index (χ1v) is 20.9. The van der Waals surface area contributed by atoms with Crippen molar-refractivity contribution >= 4 is 34.1 Å². The van der Waals surface area contributed by atoms with Crippen molar-refractivity contribution in [3.8, 4) is 45.7 Å². The number of allylic oxidation sites excluding steroid dienone is 5. The second-order valence-electron chi connectivity index (χ2n) is 16.6. The molecular formula is C58H44. The Morgan fingerprint density at radius 3 is 1.98 bits per heavy atom. The van der Waals surface area contributed by atoms with E-state index in [0.717, 1.165) is 24.8 Å². The number of rotatable bonds is 3. The molecular weight excluding hydrogens is 697 g/mol. The van der Waals surface area contributed by atoms with Gasteiger partial charge in [0.05, 0.1) is 0 Å². The van der Waals surface area contributed by atoms with E-state index in [1.807, 2.05) is 0 Å². The Balaban J connectivity index is 1.21. The van der Waals surface area contributed by atoms with E-state index >= 15 is 0 Å². The SMILES string of the molecule is C#Cc1ccc2c(c1)C(c1ccccc1C1=C(C)C=C(C)CC1)c1cc(-c3c4c5c(c6ccccc36)/C(=C/C)c3ccccc3-c3ccccc3C(C=4)CC=5)ccc1-2. The Morgan fingerprint density at radius 1 is 0.586 bits per heavy atom. The number of fused-ring (bicyclic) bond motifs is 5. The van der Waals surface area contributed by atoms with E-state index in [0.29, 0.717) is 0 Å². The lowest BCUT2D eigenvalue weighted by Crippen LogP contribution is -2.35. The fourth-order valence-electron chi connectivity index (χ4n) is 10.9. The normalized spacial score (nSPS) is 18.0. The van der Waals surface area contributed by atoms with E-state index in [9.17, 15) is 0 Å². The molecule has 0 nitrogen and oxygen atoms in total. The molecule has 0 aliphatic heterocycles. The van der Waals surface area contributed by atoms with Crippen molar-refractivity contribution in [1.29, 1.82) is 0 Å². The van der Waals surface area contributed by atoms with Gasteiger partial charge in [0.2, 0.25) is 0 Å². The van der Waals surface area contributed by atoms with Crippen LogP contribution in [0.4, 0.5) is 0 Å². The van der Waals surface area contributed by atoms with Gasteiger partial charge in [-0.15, -0.1) is 6.42 Å². The van der Waals surface area contributed by atoms with Crippen LogP contribution in [0.2, 0.25) is 0 Å². The van der Waals surface area contributed by atoms with Crippen molar-refractivity contribution in [2.45, 2.75) is 51.9 Å². The Bertz CT molecular complexity index is 3190. The highest BCUT2D eigenvalue weighted by Crippen LogP contribution is 2.52. The van der Waals surface area contributed by atoms with Crippen LogP contribution < -0.4 is 10.4 Å². The van der Waals surface area contributed by atoms with Gasteiger partial charge < -0.3 is 0 Å². The van der Waals surface area contributed by atoms with Crippen molar-refractivity contribution in [3.05, 3.63) is 212 Å². The highest BCUT2D eigenvalue weighted by Gasteiger charge is 2.34. The van der Waals surface area contributed by atoms with Gasteiger partial charge in [-0.3, -0.25) is 0 Å². The summed E-state index contributed by atoms with van der Waals surface area (Å²) >= 11 is 0. The van der Waals surface area contributed by atoms with Gasteiger partial charge in [0.1, 0.15) is 0 Å². The molecule has 58 heavy (non-hydrogen) atoms. The molecule has 0 amide bonds. The van der Waals surface area contributed by atoms with Crippen LogP contribution in [-0.4, -0.2) is 0 Å². The minimum atomic E-state index is 0.0509. The lowest BCUT2D eigenvalue weighted by Gasteiger charge is -2.27. The van der Waals surface area contributed by atoms with Gasteiger partial charge in [-0.2, -0.15) is 0 Å². The van der Waals surface area contributed by atoms with Crippen molar-refractivity contribution in [1.82, 2.24) is 0 Å². The molecule has 0 radical (unpaired) electrons. The van der Waals surface area contributed by atoms with Gasteiger partial charge >= 0.3 is 0 Å². The zero-order valence-electron chi connectivity index (χ0n) is 33.4. The van der Waals surface area contributed by atoms with Crippen LogP contribution in [-0.2, 0) is 0 Å². The van der Waals surface area contributed by atoms with Crippen LogP contribution in [0.15, 0.2) is 157 Å². The summed E-state index contributed by atoms with van der Waals surface area (Å²) in [7, 11) is 0. The van der Waals surface area contributed by atoms with Gasteiger partial charge in [0.15, 0.2) is 0 Å². The summed E-state index contributed by atoms with van der Waals surface area (Å²) in [6.45, 7) is 6.75. The Hall–Kier alpha value is -6.68. The van der Waals surface area contributed by atoms with E-state index in [-0.39, 0.29) is 11.8 Å². The fourth-order valence-corrected chi connectivity index (χ4v) is 10.9. The largest absolute Gasteiger partial charge is 0.115 e. The first-order valence-electron chi connectivity index (χ1n) is 20.9. The Morgan fingerprint density at radius 2 is 1.22 bits per heavy atom. The monoisotopic (exact) mass is 740 g/mol. The summed E-state index contributed by atoms with van der Waals surface area (Å²) in [4.78, 5) is 0. The molecule has 5 aliphatic rings. The maximum absolute atomic E-state index is 6.09. The molecule has 0 saturated heterocycles. The highest BCUT2D eigenvalue weighted by molar-refractivity contribution is 6.07. The number of terminal acetylenes is 1. The summed E-state index contributed by atoms with van der Waals surface area (Å²) in [6.07, 6.45) is 19.1. The molecule has 2 unspecified atom stereocenters. The summed E-state index contributed by atoms with van der Waals surface area (Å²) in [6, 6.07) is 50.3. The van der Waals surface area contributed by atoms with E-state index in [2.05, 4.69) is 184 Å². The van der Waals surface area contributed by atoms with Gasteiger partial charge in [-0.1, -0.05) is 151 Å². The number of hydrogen-bond acceptors (Lipinski definition) is 0. The molecule has 2 atom stereocenters. The van der Waals surface area contributed by atoms with E-state index in [1.54, 1.807) is 0 Å². The van der Waals surface area contributed by atoms with Crippen LogP contribution in [0, 0.1) is 12.3 Å². The average Bonchev–Trinajstić information content (AvgIpc) is 3.59. The van der Waals surface area contributed by atoms with Crippen LogP contribution >= 0.6 is 0 Å². The molecule has 12 rings (SSSR count). The smallest absolute Gasteiger partial charge is 0.0358 e. The predicted octanol–water partition coefficient (Wildman–Crippen LogP) is 13.3. The minimum Gasteiger partial charge on any atom is -0.115 e. The molecule has 0 fully saturated rings. The second-order valence-corrected chi connectivity index (χ2v) is 16.6. The van der Waals surface area contributed by atoms with Crippen molar-refractivity contribution in [3.63, 3.8) is 0 Å². The van der Waals surface area contributed by atoms with Crippen molar-refractivity contribution < 1.29 is 0 Å². The Labute approximate surface area is 341 Å². The van der Waals surface area contributed by atoms with E-state index in [1.165, 1.54) is 116 Å². The topological polar surface area (TPSA) is 0 Å². The van der Waals surface area contributed by atoms with Crippen molar-refractivity contribution in [2.75, 3.05) is 0 Å². The third-order valence-corrected chi connectivity index (χ3v) is 13.4. The lowest BCUT2D eigenvalue weighted by molar-refractivity contribution is 0.922. The molecule has 0 heteroatoms. The van der Waals surface area contributed by atoms with Gasteiger partial charge in [0, 0.05) is 17.4 Å². The van der Waals surface area contributed by atoms with Crippen LogP contribution in [0.1, 0.15) is 96.4 Å². The number of hydrogen-bond donors (Lipinski definition) is 0.